The average Bonchev–Trinajstić information content (AvgIpc) is 3.38. The molecular weight excluding hydrogens is 334 g/mol. The Morgan fingerprint density at radius 3 is 2.76 bits per heavy atom. The number of anilines is 2. The summed E-state index contributed by atoms with van der Waals surface area (Å²) in [6.45, 7) is 2.10. The minimum Gasteiger partial charge on any atom is -0.346 e. The van der Waals surface area contributed by atoms with Gasteiger partial charge in [0.15, 0.2) is 0 Å². The van der Waals surface area contributed by atoms with E-state index < -0.39 is 0 Å². The Balaban J connectivity index is 1.67. The van der Waals surface area contributed by atoms with Crippen LogP contribution in [-0.4, -0.2) is 26.6 Å². The zero-order chi connectivity index (χ0) is 17.2. The molecule has 2 heterocycles. The molecule has 0 aliphatic heterocycles. The van der Waals surface area contributed by atoms with Crippen LogP contribution in [0.4, 0.5) is 11.6 Å². The predicted octanol–water partition coefficient (Wildman–Crippen LogP) is 4.05. The van der Waals surface area contributed by atoms with Crippen molar-refractivity contribution in [2.75, 3.05) is 15.8 Å². The minimum absolute atomic E-state index is 0.00740. The van der Waals surface area contributed by atoms with Gasteiger partial charge in [0, 0.05) is 34.5 Å². The van der Waals surface area contributed by atoms with Crippen molar-refractivity contribution < 1.29 is 4.79 Å². The summed E-state index contributed by atoms with van der Waals surface area (Å²) in [4.78, 5) is 24.2. The van der Waals surface area contributed by atoms with Crippen LogP contribution >= 0.6 is 11.9 Å². The number of nitrogens with zero attached hydrogens (tertiary/aromatic N) is 2. The van der Waals surface area contributed by atoms with Gasteiger partial charge >= 0.3 is 0 Å². The number of fused-ring (bicyclic) bond motifs is 1. The summed E-state index contributed by atoms with van der Waals surface area (Å²) in [6, 6.07) is 10.1. The maximum Gasteiger partial charge on any atom is 0.232 e. The first-order valence-electron chi connectivity index (χ1n) is 8.39. The number of aromatic nitrogens is 3. The van der Waals surface area contributed by atoms with E-state index in [-0.39, 0.29) is 11.8 Å². The lowest BCUT2D eigenvalue weighted by molar-refractivity contribution is -0.117. The van der Waals surface area contributed by atoms with E-state index in [0.717, 1.165) is 46.6 Å². The van der Waals surface area contributed by atoms with Gasteiger partial charge in [0.05, 0.1) is 5.69 Å². The summed E-state index contributed by atoms with van der Waals surface area (Å²) in [5, 5.41) is 3.78. The highest BCUT2D eigenvalue weighted by Crippen LogP contribution is 2.31. The summed E-state index contributed by atoms with van der Waals surface area (Å²) in [7, 11) is 0. The Morgan fingerprint density at radius 1 is 1.24 bits per heavy atom. The molecule has 25 heavy (non-hydrogen) atoms. The van der Waals surface area contributed by atoms with E-state index in [2.05, 4.69) is 31.9 Å². The first kappa shape index (κ1) is 16.0. The fourth-order valence-corrected chi connectivity index (χ4v) is 3.07. The van der Waals surface area contributed by atoms with Crippen LogP contribution in [0, 0.1) is 5.92 Å². The summed E-state index contributed by atoms with van der Waals surface area (Å²) >= 11 is 1.66. The number of H-pyrrole nitrogens is 1. The summed E-state index contributed by atoms with van der Waals surface area (Å²) in [5.41, 5.74) is 3.57. The van der Waals surface area contributed by atoms with Gasteiger partial charge in [0.1, 0.15) is 5.65 Å². The molecule has 7 heteroatoms. The quantitative estimate of drug-likeness (QED) is 0.582. The van der Waals surface area contributed by atoms with Crippen LogP contribution in [0.5, 0.6) is 0 Å². The lowest BCUT2D eigenvalue weighted by atomic mass is 10.1. The number of amides is 1. The van der Waals surface area contributed by atoms with Crippen molar-refractivity contribution in [3.05, 3.63) is 36.5 Å². The van der Waals surface area contributed by atoms with Gasteiger partial charge in [0.25, 0.3) is 0 Å². The van der Waals surface area contributed by atoms with Crippen molar-refractivity contribution >= 4 is 40.5 Å². The predicted molar refractivity (Wildman–Crippen MR) is 102 cm³/mol. The van der Waals surface area contributed by atoms with Gasteiger partial charge in [-0.1, -0.05) is 31.0 Å². The monoisotopic (exact) mass is 353 g/mol. The fourth-order valence-electron chi connectivity index (χ4n) is 2.63. The smallest absolute Gasteiger partial charge is 0.232 e. The first-order chi connectivity index (χ1) is 12.2. The number of hydrogen-bond acceptors (Lipinski definition) is 5. The van der Waals surface area contributed by atoms with Gasteiger partial charge in [-0.3, -0.25) is 10.1 Å². The third-order valence-corrected chi connectivity index (χ3v) is 4.76. The van der Waals surface area contributed by atoms with E-state index >= 15 is 0 Å². The first-order valence-corrected chi connectivity index (χ1v) is 9.37. The maximum absolute atomic E-state index is 12.0. The summed E-state index contributed by atoms with van der Waals surface area (Å²) in [5.74, 6) is 1.48. The van der Waals surface area contributed by atoms with Crippen molar-refractivity contribution in [3.63, 3.8) is 0 Å². The van der Waals surface area contributed by atoms with Gasteiger partial charge in [-0.15, -0.1) is 0 Å². The molecule has 0 atom stereocenters. The standard InChI is InChI=1S/C18H19N5OS/c1-2-25-23-13-7-5-11(6-8-13)15-14-9-10-19-16(14)21-18(20-15)22-17(24)12-3-4-12/h5-10,12,23H,2-4H2,1H3,(H2,19,20,21,22,24). The molecule has 1 amide bonds. The molecule has 3 N–H and O–H groups in total. The highest BCUT2D eigenvalue weighted by Gasteiger charge is 2.30. The van der Waals surface area contributed by atoms with E-state index in [1.54, 1.807) is 11.9 Å². The number of carbonyl (C=O) groups is 1. The molecule has 1 aliphatic carbocycles. The van der Waals surface area contributed by atoms with E-state index in [4.69, 9.17) is 0 Å². The van der Waals surface area contributed by atoms with Crippen molar-refractivity contribution in [3.8, 4) is 11.3 Å². The third-order valence-electron chi connectivity index (χ3n) is 4.09. The van der Waals surface area contributed by atoms with Gasteiger partial charge < -0.3 is 9.71 Å². The molecule has 0 radical (unpaired) electrons. The topological polar surface area (TPSA) is 82.7 Å². The number of rotatable bonds is 6. The second kappa shape index (κ2) is 6.76. The molecule has 0 spiro atoms. The lowest BCUT2D eigenvalue weighted by Gasteiger charge is -2.09. The molecule has 1 aromatic carbocycles. The largest absolute Gasteiger partial charge is 0.346 e. The SMILES string of the molecule is CCSNc1ccc(-c2nc(NC(=O)C3CC3)nc3[nH]ccc23)cc1. The molecule has 1 saturated carbocycles. The second-order valence-electron chi connectivity index (χ2n) is 6.01. The molecule has 0 saturated heterocycles. The zero-order valence-corrected chi connectivity index (χ0v) is 14.7. The van der Waals surface area contributed by atoms with Gasteiger partial charge in [-0.2, -0.15) is 4.98 Å². The van der Waals surface area contributed by atoms with E-state index in [1.807, 2.05) is 36.5 Å². The summed E-state index contributed by atoms with van der Waals surface area (Å²) < 4.78 is 3.28. The molecule has 2 aromatic heterocycles. The second-order valence-corrected chi connectivity index (χ2v) is 7.08. The number of benzene rings is 1. The zero-order valence-electron chi connectivity index (χ0n) is 13.9. The fraction of sp³-hybridized carbons (Fsp3) is 0.278. The Labute approximate surface area is 150 Å². The average molecular weight is 353 g/mol. The highest BCUT2D eigenvalue weighted by atomic mass is 32.2. The minimum atomic E-state index is 0.00740. The molecule has 128 valence electrons. The van der Waals surface area contributed by atoms with E-state index in [0.29, 0.717) is 5.95 Å². The van der Waals surface area contributed by atoms with Crippen LogP contribution in [0.3, 0.4) is 0 Å². The van der Waals surface area contributed by atoms with Crippen molar-refractivity contribution in [1.29, 1.82) is 0 Å². The third kappa shape index (κ3) is 3.46. The Kier molecular flexibility index (Phi) is 4.31. The highest BCUT2D eigenvalue weighted by molar-refractivity contribution is 8.00. The van der Waals surface area contributed by atoms with Crippen molar-refractivity contribution in [1.82, 2.24) is 15.0 Å². The van der Waals surface area contributed by atoms with Gasteiger partial charge in [-0.05, 0) is 31.0 Å². The maximum atomic E-state index is 12.0. The van der Waals surface area contributed by atoms with Crippen LogP contribution in [0.25, 0.3) is 22.3 Å². The number of aromatic amines is 1. The molecule has 3 aromatic rings. The van der Waals surface area contributed by atoms with Crippen molar-refractivity contribution in [2.45, 2.75) is 19.8 Å². The van der Waals surface area contributed by atoms with Gasteiger partial charge in [-0.25, -0.2) is 4.98 Å². The Morgan fingerprint density at radius 2 is 2.04 bits per heavy atom. The molecule has 6 nitrogen and oxygen atoms in total. The Hall–Kier alpha value is -2.54. The number of nitrogens with one attached hydrogen (secondary N) is 3. The van der Waals surface area contributed by atoms with Crippen LogP contribution in [-0.2, 0) is 4.79 Å². The van der Waals surface area contributed by atoms with Crippen LogP contribution < -0.4 is 10.0 Å². The Bertz CT molecular complexity index is 901. The van der Waals surface area contributed by atoms with E-state index in [1.165, 1.54) is 0 Å². The molecular formula is C18H19N5OS. The molecule has 1 aliphatic rings. The number of carbonyl (C=O) groups excluding carboxylic acids is 1. The van der Waals surface area contributed by atoms with E-state index in [9.17, 15) is 4.79 Å². The van der Waals surface area contributed by atoms with Gasteiger partial charge in [0.2, 0.25) is 11.9 Å². The summed E-state index contributed by atoms with van der Waals surface area (Å²) in [6.07, 6.45) is 3.74. The molecule has 0 unspecified atom stereocenters. The van der Waals surface area contributed by atoms with Crippen LogP contribution in [0.15, 0.2) is 36.5 Å². The van der Waals surface area contributed by atoms with Crippen LogP contribution in [0.2, 0.25) is 0 Å². The molecule has 4 rings (SSSR count). The number of hydrogen-bond donors (Lipinski definition) is 3. The van der Waals surface area contributed by atoms with Crippen LogP contribution in [0.1, 0.15) is 19.8 Å². The lowest BCUT2D eigenvalue weighted by Crippen LogP contribution is -2.15. The molecule has 0 bridgehead atoms. The normalized spacial score (nSPS) is 13.8. The van der Waals surface area contributed by atoms with Crippen molar-refractivity contribution in [2.24, 2.45) is 5.92 Å². The molecule has 1 fully saturated rings.